The van der Waals surface area contributed by atoms with Crippen LogP contribution in [0.15, 0.2) is 77.7 Å². The van der Waals surface area contributed by atoms with Crippen molar-refractivity contribution in [1.29, 1.82) is 0 Å². The Morgan fingerprint density at radius 1 is 0.853 bits per heavy atom. The van der Waals surface area contributed by atoms with Gasteiger partial charge in [0.15, 0.2) is 0 Å². The lowest BCUT2D eigenvalue weighted by atomic mass is 10.3. The number of ether oxygens (including phenoxy) is 2. The van der Waals surface area contributed by atoms with Crippen LogP contribution in [0.1, 0.15) is 0 Å². The number of nitrogens with two attached hydrogens (primary N) is 1. The van der Waals surface area contributed by atoms with Crippen molar-refractivity contribution in [2.75, 3.05) is 49.1 Å². The minimum Gasteiger partial charge on any atom is -0.490 e. The third kappa shape index (κ3) is 7.25. The summed E-state index contributed by atoms with van der Waals surface area (Å²) in [4.78, 5) is 0.120. The molecule has 0 unspecified atom stereocenters. The summed E-state index contributed by atoms with van der Waals surface area (Å²) < 4.78 is 39.8. The van der Waals surface area contributed by atoms with Crippen molar-refractivity contribution in [3.05, 3.63) is 82.8 Å². The molecule has 0 saturated carbocycles. The molecule has 0 heterocycles. The molecule has 3 N–H and O–H groups in total. The Morgan fingerprint density at radius 2 is 1.50 bits per heavy atom. The molecule has 3 aromatic rings. The van der Waals surface area contributed by atoms with Crippen LogP contribution < -0.4 is 20.1 Å². The zero-order valence-electron chi connectivity index (χ0n) is 18.5. The Kier molecular flexibility index (Phi) is 9.86. The van der Waals surface area contributed by atoms with E-state index in [4.69, 9.17) is 38.4 Å². The maximum absolute atomic E-state index is 13.5. The van der Waals surface area contributed by atoms with E-state index in [-0.39, 0.29) is 18.0 Å². The van der Waals surface area contributed by atoms with Crippen LogP contribution >= 0.6 is 23.2 Å². The maximum atomic E-state index is 13.5. The number of hydrogen-bond acceptors (Lipinski definition) is 6. The van der Waals surface area contributed by atoms with Crippen molar-refractivity contribution in [3.63, 3.8) is 0 Å². The Labute approximate surface area is 210 Å². The van der Waals surface area contributed by atoms with Crippen molar-refractivity contribution in [3.8, 4) is 5.75 Å². The van der Waals surface area contributed by atoms with Gasteiger partial charge in [-0.2, -0.15) is 0 Å². The predicted octanol–water partition coefficient (Wildman–Crippen LogP) is 4.65. The van der Waals surface area contributed by atoms with Gasteiger partial charge in [0.1, 0.15) is 12.4 Å². The van der Waals surface area contributed by atoms with E-state index in [0.29, 0.717) is 47.8 Å². The minimum absolute atomic E-state index is 0.0916. The summed E-state index contributed by atoms with van der Waals surface area (Å²) >= 11 is 11.9. The molecule has 0 aromatic heterocycles. The van der Waals surface area contributed by atoms with Gasteiger partial charge in [0.05, 0.1) is 30.3 Å². The van der Waals surface area contributed by atoms with Gasteiger partial charge in [-0.25, -0.2) is 8.42 Å². The fourth-order valence-electron chi connectivity index (χ4n) is 3.15. The first-order valence-corrected chi connectivity index (χ1v) is 12.9. The molecule has 0 atom stereocenters. The molecule has 0 fully saturated rings. The van der Waals surface area contributed by atoms with E-state index >= 15 is 0 Å². The molecule has 0 aliphatic rings. The molecular weight excluding hydrogens is 497 g/mol. The molecule has 10 heteroatoms. The number of nitrogens with zero attached hydrogens (tertiary/aromatic N) is 1. The number of hydrogen-bond donors (Lipinski definition) is 2. The van der Waals surface area contributed by atoms with E-state index in [1.165, 1.54) is 16.4 Å². The molecule has 0 amide bonds. The fourth-order valence-corrected chi connectivity index (χ4v) is 4.86. The molecule has 0 radical (unpaired) electrons. The van der Waals surface area contributed by atoms with Crippen LogP contribution in [0.25, 0.3) is 0 Å². The molecule has 0 bridgehead atoms. The van der Waals surface area contributed by atoms with Gasteiger partial charge >= 0.3 is 0 Å². The Balaban J connectivity index is 1.78. The molecular formula is C24H27Cl2N3O4S. The van der Waals surface area contributed by atoms with E-state index in [1.54, 1.807) is 48.5 Å². The highest BCUT2D eigenvalue weighted by Gasteiger charge is 2.27. The second kappa shape index (κ2) is 12.8. The number of benzene rings is 3. The van der Waals surface area contributed by atoms with Crippen molar-refractivity contribution in [1.82, 2.24) is 0 Å². The summed E-state index contributed by atoms with van der Waals surface area (Å²) in [6.07, 6.45) is 0. The van der Waals surface area contributed by atoms with Gasteiger partial charge in [0.25, 0.3) is 10.0 Å². The van der Waals surface area contributed by atoms with Gasteiger partial charge in [-0.15, -0.1) is 0 Å². The van der Waals surface area contributed by atoms with Crippen LogP contribution in [0, 0.1) is 0 Å². The van der Waals surface area contributed by atoms with Crippen LogP contribution in [0.2, 0.25) is 10.0 Å². The maximum Gasteiger partial charge on any atom is 0.264 e. The monoisotopic (exact) mass is 523 g/mol. The molecule has 0 aliphatic heterocycles. The average Bonchev–Trinajstić information content (AvgIpc) is 2.83. The lowest BCUT2D eigenvalue weighted by Gasteiger charge is -2.26. The molecule has 3 rings (SSSR count). The molecule has 7 nitrogen and oxygen atoms in total. The topological polar surface area (TPSA) is 93.9 Å². The Hall–Kier alpha value is -2.49. The predicted molar refractivity (Wildman–Crippen MR) is 138 cm³/mol. The van der Waals surface area contributed by atoms with Crippen molar-refractivity contribution in [2.45, 2.75) is 4.90 Å². The van der Waals surface area contributed by atoms with Crippen LogP contribution in [-0.2, 0) is 14.8 Å². The van der Waals surface area contributed by atoms with Gasteiger partial charge in [0.2, 0.25) is 0 Å². The van der Waals surface area contributed by atoms with Crippen molar-refractivity contribution < 1.29 is 17.9 Å². The highest BCUT2D eigenvalue weighted by molar-refractivity contribution is 7.92. The van der Waals surface area contributed by atoms with E-state index < -0.39 is 10.0 Å². The number of anilines is 2. The van der Waals surface area contributed by atoms with E-state index in [2.05, 4.69) is 5.32 Å². The summed E-state index contributed by atoms with van der Waals surface area (Å²) in [7, 11) is -3.90. The Bertz CT molecular complexity index is 1140. The summed E-state index contributed by atoms with van der Waals surface area (Å²) in [5.41, 5.74) is 6.81. The van der Waals surface area contributed by atoms with Crippen molar-refractivity contribution in [2.24, 2.45) is 5.73 Å². The average molecular weight is 524 g/mol. The highest BCUT2D eigenvalue weighted by Crippen LogP contribution is 2.32. The summed E-state index contributed by atoms with van der Waals surface area (Å²) in [5.74, 6) is 0.441. The lowest BCUT2D eigenvalue weighted by molar-refractivity contribution is 0.149. The van der Waals surface area contributed by atoms with Gasteiger partial charge in [-0.3, -0.25) is 4.31 Å². The second-order valence-electron chi connectivity index (χ2n) is 7.18. The molecule has 34 heavy (non-hydrogen) atoms. The Morgan fingerprint density at radius 3 is 2.18 bits per heavy atom. The van der Waals surface area contributed by atoms with Gasteiger partial charge in [-0.1, -0.05) is 35.3 Å². The SMILES string of the molecule is NCCOCCN(c1ccccc1OCCNc1ccc(Cl)cc1)S(=O)(=O)c1ccc(Cl)cc1. The number of rotatable bonds is 13. The van der Waals surface area contributed by atoms with Gasteiger partial charge < -0.3 is 20.5 Å². The molecule has 0 spiro atoms. The van der Waals surface area contributed by atoms with Crippen LogP contribution in [-0.4, -0.2) is 47.9 Å². The summed E-state index contributed by atoms with van der Waals surface area (Å²) in [5, 5.41) is 4.35. The van der Waals surface area contributed by atoms with Crippen LogP contribution in [0.5, 0.6) is 5.75 Å². The first-order chi connectivity index (χ1) is 16.4. The normalized spacial score (nSPS) is 11.3. The van der Waals surface area contributed by atoms with Crippen LogP contribution in [0.4, 0.5) is 11.4 Å². The number of halogens is 2. The first kappa shape index (κ1) is 26.1. The largest absolute Gasteiger partial charge is 0.490 e. The van der Waals surface area contributed by atoms with E-state index in [0.717, 1.165) is 5.69 Å². The molecule has 0 aliphatic carbocycles. The zero-order valence-corrected chi connectivity index (χ0v) is 20.8. The van der Waals surface area contributed by atoms with Crippen LogP contribution in [0.3, 0.4) is 0 Å². The minimum atomic E-state index is -3.90. The standard InChI is InChI=1S/C24H27Cl2N3O4S/c25-19-5-9-21(10-6-19)28-14-17-33-24-4-2-1-3-23(24)29(15-18-32-16-13-27)34(30,31)22-11-7-20(26)8-12-22/h1-12,28H,13-18,27H2. The van der Waals surface area contributed by atoms with Gasteiger partial charge in [0, 0.05) is 28.8 Å². The van der Waals surface area contributed by atoms with E-state index in [9.17, 15) is 8.42 Å². The fraction of sp³-hybridized carbons (Fsp3) is 0.250. The van der Waals surface area contributed by atoms with E-state index in [1.807, 2.05) is 12.1 Å². The smallest absolute Gasteiger partial charge is 0.264 e. The number of para-hydroxylation sites is 2. The van der Waals surface area contributed by atoms with Gasteiger partial charge in [-0.05, 0) is 60.7 Å². The highest BCUT2D eigenvalue weighted by atomic mass is 35.5. The first-order valence-electron chi connectivity index (χ1n) is 10.7. The summed E-state index contributed by atoms with van der Waals surface area (Å²) in [6, 6.07) is 20.4. The lowest BCUT2D eigenvalue weighted by Crippen LogP contribution is -2.35. The molecule has 3 aromatic carbocycles. The van der Waals surface area contributed by atoms with Crippen molar-refractivity contribution >= 4 is 44.6 Å². The summed E-state index contributed by atoms with van der Waals surface area (Å²) in [6.45, 7) is 1.79. The quantitative estimate of drug-likeness (QED) is 0.316. The third-order valence-corrected chi connectivity index (χ3v) is 7.10. The number of nitrogens with one attached hydrogen (secondary N) is 1. The molecule has 182 valence electrons. The number of sulfonamides is 1. The third-order valence-electron chi connectivity index (χ3n) is 4.77. The molecule has 0 saturated heterocycles. The zero-order chi connectivity index (χ0) is 24.4. The second-order valence-corrected chi connectivity index (χ2v) is 9.92.